The number of carbonyl (C=O) groups is 3. The molecule has 0 aromatic carbocycles. The van der Waals surface area contributed by atoms with E-state index in [1.165, 1.54) is 17.1 Å². The van der Waals surface area contributed by atoms with E-state index in [1.54, 1.807) is 47.9 Å². The van der Waals surface area contributed by atoms with Crippen LogP contribution >= 0.6 is 47.8 Å². The number of pyridine rings is 4. The van der Waals surface area contributed by atoms with Crippen LogP contribution in [-0.2, 0) is 23.9 Å². The molecule has 0 saturated carbocycles. The SMILES string of the molecule is C=CC(=O)N(COCC[Si](C)(C)C)c1ncccc1Br.C=CC(=O)Nc1ncccc1Br.CC1C(=O)N(COCC[Si](C)(C)C)c2ncccc21.Nc1ncccc1Br. The molecule has 5 heterocycles. The largest absolute Gasteiger partial charge is 0.383 e. The zero-order valence-corrected chi connectivity index (χ0v) is 41.5. The standard InChI is InChI=1S/C14H21BrN2O2Si.C14H22N2O2Si.C8H7BrN2O.C5H5BrN2/c1-5-13(18)17(11-19-9-10-20(2,3)4)14-12(15)7-6-8-16-14;1-11-12-6-5-7-15-13(12)16(14(11)17)10-18-8-9-19(2,3)4;1-2-7(12)11-8-6(9)4-3-5-10-8;6-4-2-1-3-8-5(4)7/h5-8H,1,9-11H2,2-4H3;5-7,11H,8-10H2,1-4H3;2-5H,1H2,(H,10,11,12);1-3H,(H2,7,8). The number of hydrogen-bond acceptors (Lipinski definition) is 10. The van der Waals surface area contributed by atoms with E-state index >= 15 is 0 Å². The van der Waals surface area contributed by atoms with Crippen molar-refractivity contribution in [1.29, 1.82) is 0 Å². The van der Waals surface area contributed by atoms with E-state index in [1.807, 2.05) is 37.3 Å². The van der Waals surface area contributed by atoms with Crippen molar-refractivity contribution in [3.8, 4) is 0 Å². The van der Waals surface area contributed by atoms with E-state index in [4.69, 9.17) is 15.2 Å². The van der Waals surface area contributed by atoms with E-state index in [2.05, 4.69) is 125 Å². The molecule has 4 aromatic heterocycles. The van der Waals surface area contributed by atoms with Crippen LogP contribution in [0, 0.1) is 0 Å². The molecule has 0 saturated heterocycles. The highest BCUT2D eigenvalue weighted by Crippen LogP contribution is 2.34. The molecular formula is C41H55Br3N8O5Si2. The molecule has 3 N–H and O–H groups in total. The van der Waals surface area contributed by atoms with Crippen molar-refractivity contribution in [3.05, 3.63) is 118 Å². The minimum Gasteiger partial charge on any atom is -0.383 e. The summed E-state index contributed by atoms with van der Waals surface area (Å²) in [6.45, 7) is 24.5. The Kier molecular flexibility index (Phi) is 22.3. The van der Waals surface area contributed by atoms with Crippen molar-refractivity contribution in [2.24, 2.45) is 0 Å². The van der Waals surface area contributed by atoms with Gasteiger partial charge in [0.1, 0.15) is 30.9 Å². The van der Waals surface area contributed by atoms with Gasteiger partial charge in [0.2, 0.25) is 11.8 Å². The summed E-state index contributed by atoms with van der Waals surface area (Å²) in [5.74, 6) is 1.83. The predicted molar refractivity (Wildman–Crippen MR) is 255 cm³/mol. The molecule has 4 aromatic rings. The lowest BCUT2D eigenvalue weighted by atomic mass is 10.1. The number of ether oxygens (including phenoxy) is 2. The number of nitrogens with one attached hydrogen (secondary N) is 1. The molecule has 318 valence electrons. The molecule has 13 nitrogen and oxygen atoms in total. The Labute approximate surface area is 375 Å². The van der Waals surface area contributed by atoms with Crippen LogP contribution in [0.4, 0.5) is 23.3 Å². The monoisotopic (exact) mass is 1030 g/mol. The highest BCUT2D eigenvalue weighted by molar-refractivity contribution is 9.11. The van der Waals surface area contributed by atoms with Crippen molar-refractivity contribution in [3.63, 3.8) is 0 Å². The second-order valence-corrected chi connectivity index (χ2v) is 29.1. The van der Waals surface area contributed by atoms with Crippen molar-refractivity contribution in [1.82, 2.24) is 19.9 Å². The fourth-order valence-electron chi connectivity index (χ4n) is 4.60. The summed E-state index contributed by atoms with van der Waals surface area (Å²) < 4.78 is 13.7. The molecule has 59 heavy (non-hydrogen) atoms. The number of halogens is 3. The van der Waals surface area contributed by atoms with Crippen molar-refractivity contribution < 1.29 is 23.9 Å². The summed E-state index contributed by atoms with van der Waals surface area (Å²) in [6, 6.07) is 16.9. The van der Waals surface area contributed by atoms with Crippen LogP contribution in [0.2, 0.25) is 51.4 Å². The Balaban J connectivity index is 0.000000285. The number of nitrogens with zero attached hydrogens (tertiary/aromatic N) is 6. The van der Waals surface area contributed by atoms with Gasteiger partial charge in [-0.05, 0) is 121 Å². The first-order valence-corrected chi connectivity index (χ1v) is 28.4. The number of fused-ring (bicyclic) bond motifs is 1. The highest BCUT2D eigenvalue weighted by atomic mass is 79.9. The molecule has 1 aliphatic heterocycles. The Bertz CT molecular complexity index is 1980. The van der Waals surface area contributed by atoms with E-state index < -0.39 is 16.1 Å². The molecule has 0 fully saturated rings. The number of hydrogen-bond donors (Lipinski definition) is 2. The quantitative estimate of drug-likeness (QED) is 0.0538. The molecule has 5 rings (SSSR count). The fourth-order valence-corrected chi connectivity index (χ4v) is 7.19. The van der Waals surface area contributed by atoms with E-state index in [0.717, 1.165) is 43.5 Å². The summed E-state index contributed by atoms with van der Waals surface area (Å²) in [4.78, 5) is 54.3. The zero-order chi connectivity index (χ0) is 44.2. The third kappa shape index (κ3) is 18.9. The van der Waals surface area contributed by atoms with Gasteiger partial charge in [0.25, 0.3) is 5.91 Å². The zero-order valence-electron chi connectivity index (χ0n) is 34.8. The van der Waals surface area contributed by atoms with Crippen LogP contribution < -0.4 is 20.9 Å². The average Bonchev–Trinajstić information content (AvgIpc) is 3.43. The molecular weight excluding hydrogens is 980 g/mol. The smallest absolute Gasteiger partial charge is 0.253 e. The summed E-state index contributed by atoms with van der Waals surface area (Å²) in [7, 11) is -2.21. The lowest BCUT2D eigenvalue weighted by molar-refractivity contribution is -0.120. The Morgan fingerprint density at radius 1 is 0.814 bits per heavy atom. The number of amides is 3. The lowest BCUT2D eigenvalue weighted by Crippen LogP contribution is -2.33. The second-order valence-electron chi connectivity index (χ2n) is 15.3. The van der Waals surface area contributed by atoms with Gasteiger partial charge in [0.05, 0.1) is 19.3 Å². The number of carbonyl (C=O) groups excluding carboxylic acids is 3. The number of rotatable bonds is 14. The molecule has 0 aliphatic carbocycles. The molecule has 1 atom stereocenters. The van der Waals surface area contributed by atoms with Crippen LogP contribution in [0.25, 0.3) is 0 Å². The van der Waals surface area contributed by atoms with Crippen LogP contribution in [-0.4, -0.2) is 80.5 Å². The normalized spacial score (nSPS) is 12.9. The minimum absolute atomic E-state index is 0.0849. The van der Waals surface area contributed by atoms with E-state index in [9.17, 15) is 14.4 Å². The van der Waals surface area contributed by atoms with Crippen LogP contribution in [0.15, 0.2) is 112 Å². The second kappa shape index (κ2) is 25.6. The molecule has 0 spiro atoms. The van der Waals surface area contributed by atoms with Gasteiger partial charge in [0, 0.05) is 59.7 Å². The van der Waals surface area contributed by atoms with Gasteiger partial charge in [-0.2, -0.15) is 0 Å². The molecule has 1 aliphatic rings. The van der Waals surface area contributed by atoms with E-state index in [-0.39, 0.29) is 30.4 Å². The summed E-state index contributed by atoms with van der Waals surface area (Å²) in [5, 5.41) is 2.54. The number of aromatic nitrogens is 4. The maximum Gasteiger partial charge on any atom is 0.253 e. The minimum atomic E-state index is -1.13. The first-order chi connectivity index (χ1) is 27.8. The Morgan fingerprint density at radius 3 is 1.88 bits per heavy atom. The Morgan fingerprint density at radius 2 is 1.36 bits per heavy atom. The molecule has 18 heteroatoms. The van der Waals surface area contributed by atoms with Crippen molar-refractivity contribution >= 4 is 105 Å². The van der Waals surface area contributed by atoms with Gasteiger partial charge in [-0.3, -0.25) is 24.2 Å². The van der Waals surface area contributed by atoms with Gasteiger partial charge < -0.3 is 20.5 Å². The summed E-state index contributed by atoms with van der Waals surface area (Å²) in [5.41, 5.74) is 6.36. The fraction of sp³-hybridized carbons (Fsp3) is 0.341. The number of nitrogens with two attached hydrogens (primary N) is 1. The Hall–Kier alpha value is -3.92. The van der Waals surface area contributed by atoms with Gasteiger partial charge in [-0.15, -0.1) is 0 Å². The molecule has 3 amide bonds. The van der Waals surface area contributed by atoms with Crippen LogP contribution in [0.5, 0.6) is 0 Å². The predicted octanol–water partition coefficient (Wildman–Crippen LogP) is 9.91. The maximum absolute atomic E-state index is 12.2. The lowest BCUT2D eigenvalue weighted by Gasteiger charge is -2.22. The topological polar surface area (TPSA) is 166 Å². The number of anilines is 4. The summed E-state index contributed by atoms with van der Waals surface area (Å²) in [6.07, 6.45) is 9.08. The van der Waals surface area contributed by atoms with Gasteiger partial charge in [-0.1, -0.05) is 58.5 Å². The highest BCUT2D eigenvalue weighted by Gasteiger charge is 2.35. The summed E-state index contributed by atoms with van der Waals surface area (Å²) >= 11 is 9.85. The van der Waals surface area contributed by atoms with Crippen LogP contribution in [0.3, 0.4) is 0 Å². The van der Waals surface area contributed by atoms with E-state index in [0.29, 0.717) is 30.8 Å². The van der Waals surface area contributed by atoms with Crippen LogP contribution in [0.1, 0.15) is 18.4 Å². The molecule has 1 unspecified atom stereocenters. The first kappa shape index (κ1) is 51.2. The third-order valence-electron chi connectivity index (χ3n) is 8.02. The molecule has 0 radical (unpaired) electrons. The third-order valence-corrected chi connectivity index (χ3v) is 13.4. The first-order valence-electron chi connectivity index (χ1n) is 18.7. The van der Waals surface area contributed by atoms with Crippen molar-refractivity contribution in [2.45, 2.75) is 64.2 Å². The van der Waals surface area contributed by atoms with Gasteiger partial charge in [0.15, 0.2) is 5.82 Å². The molecule has 0 bridgehead atoms. The number of nitrogen functional groups attached to an aromatic ring is 1. The maximum atomic E-state index is 12.2. The van der Waals surface area contributed by atoms with Crippen molar-refractivity contribution in [2.75, 3.05) is 47.5 Å². The van der Waals surface area contributed by atoms with Gasteiger partial charge >= 0.3 is 0 Å². The average molecular weight is 1040 g/mol. The van der Waals surface area contributed by atoms with Gasteiger partial charge in [-0.25, -0.2) is 19.9 Å².